The first-order chi connectivity index (χ1) is 8.68. The normalized spacial score (nSPS) is 24.0. The van der Waals surface area contributed by atoms with Gasteiger partial charge in [-0.05, 0) is 44.2 Å². The highest BCUT2D eigenvalue weighted by molar-refractivity contribution is 6.02. The number of rotatable bonds is 1. The Bertz CT molecular complexity index is 540. The largest absolute Gasteiger partial charge is 0.308 e. The van der Waals surface area contributed by atoms with Gasteiger partial charge in [0.15, 0.2) is 0 Å². The van der Waals surface area contributed by atoms with Crippen molar-refractivity contribution in [1.29, 1.82) is 5.26 Å². The van der Waals surface area contributed by atoms with Gasteiger partial charge in [-0.1, -0.05) is 18.2 Å². The number of nitriles is 1. The van der Waals surface area contributed by atoms with Gasteiger partial charge in [-0.3, -0.25) is 4.79 Å². The first-order valence-electron chi connectivity index (χ1n) is 6.51. The van der Waals surface area contributed by atoms with E-state index in [-0.39, 0.29) is 11.9 Å². The molecule has 1 heterocycles. The van der Waals surface area contributed by atoms with Crippen molar-refractivity contribution in [1.82, 2.24) is 0 Å². The van der Waals surface area contributed by atoms with Crippen LogP contribution in [0.3, 0.4) is 0 Å². The van der Waals surface area contributed by atoms with Crippen LogP contribution in [0.4, 0.5) is 5.69 Å². The minimum absolute atomic E-state index is 0.00806. The molecular weight excluding hydrogens is 224 g/mol. The number of carbonyl (C=O) groups is 1. The van der Waals surface area contributed by atoms with Gasteiger partial charge in [-0.15, -0.1) is 0 Å². The molecule has 3 heteroatoms. The van der Waals surface area contributed by atoms with Crippen LogP contribution < -0.4 is 4.90 Å². The number of amides is 1. The summed E-state index contributed by atoms with van der Waals surface area (Å²) in [6.07, 6.45) is 3.31. The number of para-hydroxylation sites is 1. The molecule has 1 saturated carbocycles. The summed E-state index contributed by atoms with van der Waals surface area (Å²) in [4.78, 5) is 14.5. The van der Waals surface area contributed by atoms with E-state index in [1.807, 2.05) is 23.1 Å². The Labute approximate surface area is 107 Å². The lowest BCUT2D eigenvalue weighted by Crippen LogP contribution is -2.49. The van der Waals surface area contributed by atoms with Crippen molar-refractivity contribution in [2.24, 2.45) is 5.41 Å². The van der Waals surface area contributed by atoms with E-state index < -0.39 is 5.41 Å². The average Bonchev–Trinajstić information content (AvgIpc) is 2.63. The van der Waals surface area contributed by atoms with E-state index >= 15 is 0 Å². The highest BCUT2D eigenvalue weighted by Crippen LogP contribution is 2.45. The van der Waals surface area contributed by atoms with Crippen LogP contribution >= 0.6 is 0 Å². The van der Waals surface area contributed by atoms with Crippen molar-refractivity contribution < 1.29 is 4.79 Å². The zero-order valence-electron chi connectivity index (χ0n) is 10.5. The van der Waals surface area contributed by atoms with E-state index in [0.29, 0.717) is 12.8 Å². The fourth-order valence-corrected chi connectivity index (χ4v) is 3.01. The van der Waals surface area contributed by atoms with Crippen molar-refractivity contribution in [3.8, 4) is 6.07 Å². The third-order valence-electron chi connectivity index (χ3n) is 4.26. The van der Waals surface area contributed by atoms with Gasteiger partial charge in [0.05, 0.1) is 6.07 Å². The molecule has 0 saturated heterocycles. The van der Waals surface area contributed by atoms with E-state index in [2.05, 4.69) is 19.1 Å². The Kier molecular flexibility index (Phi) is 2.41. The molecule has 1 amide bonds. The topological polar surface area (TPSA) is 44.1 Å². The molecule has 1 fully saturated rings. The fraction of sp³-hybridized carbons (Fsp3) is 0.467. The number of benzene rings is 1. The minimum Gasteiger partial charge on any atom is -0.308 e. The molecule has 3 nitrogen and oxygen atoms in total. The van der Waals surface area contributed by atoms with Crippen LogP contribution in [0.2, 0.25) is 0 Å². The summed E-state index contributed by atoms with van der Waals surface area (Å²) in [5.41, 5.74) is 1.47. The highest BCUT2D eigenvalue weighted by Gasteiger charge is 2.49. The van der Waals surface area contributed by atoms with Gasteiger partial charge < -0.3 is 4.90 Å². The molecule has 1 aromatic carbocycles. The Morgan fingerprint density at radius 3 is 2.78 bits per heavy atom. The van der Waals surface area contributed by atoms with Crippen LogP contribution in [-0.2, 0) is 11.2 Å². The van der Waals surface area contributed by atoms with Gasteiger partial charge in [0.25, 0.3) is 0 Å². The van der Waals surface area contributed by atoms with E-state index in [1.165, 1.54) is 5.56 Å². The molecule has 1 aliphatic carbocycles. The summed E-state index contributed by atoms with van der Waals surface area (Å²) in [7, 11) is 0. The predicted molar refractivity (Wildman–Crippen MR) is 69.0 cm³/mol. The second-order valence-electron chi connectivity index (χ2n) is 5.40. The number of fused-ring (bicyclic) bond motifs is 1. The molecule has 1 atom stereocenters. The maximum absolute atomic E-state index is 12.7. The Morgan fingerprint density at radius 2 is 2.17 bits per heavy atom. The first-order valence-corrected chi connectivity index (χ1v) is 6.51. The summed E-state index contributed by atoms with van der Waals surface area (Å²) in [6, 6.07) is 10.4. The summed E-state index contributed by atoms with van der Waals surface area (Å²) >= 11 is 0. The van der Waals surface area contributed by atoms with Crippen molar-refractivity contribution in [3.63, 3.8) is 0 Å². The third kappa shape index (κ3) is 1.38. The lowest BCUT2D eigenvalue weighted by molar-refractivity contribution is -0.129. The smallest absolute Gasteiger partial charge is 0.247 e. The van der Waals surface area contributed by atoms with Gasteiger partial charge in [0.1, 0.15) is 5.41 Å². The van der Waals surface area contributed by atoms with E-state index in [9.17, 15) is 10.1 Å². The lowest BCUT2D eigenvalue weighted by Gasteiger charge is -2.38. The van der Waals surface area contributed by atoms with Crippen LogP contribution in [0.25, 0.3) is 0 Å². The molecule has 1 aliphatic heterocycles. The number of hydrogen-bond acceptors (Lipinski definition) is 2. The van der Waals surface area contributed by atoms with Crippen molar-refractivity contribution in [2.45, 2.75) is 38.6 Å². The van der Waals surface area contributed by atoms with Gasteiger partial charge in [0, 0.05) is 11.7 Å². The van der Waals surface area contributed by atoms with Crippen molar-refractivity contribution in [2.75, 3.05) is 4.90 Å². The van der Waals surface area contributed by atoms with Crippen LogP contribution in [0, 0.1) is 16.7 Å². The van der Waals surface area contributed by atoms with Gasteiger partial charge in [-0.25, -0.2) is 0 Å². The van der Waals surface area contributed by atoms with Gasteiger partial charge in [-0.2, -0.15) is 5.26 Å². The maximum atomic E-state index is 12.7. The van der Waals surface area contributed by atoms with E-state index in [0.717, 1.165) is 18.5 Å². The van der Waals surface area contributed by atoms with Crippen LogP contribution in [0.15, 0.2) is 24.3 Å². The molecule has 3 rings (SSSR count). The second-order valence-corrected chi connectivity index (χ2v) is 5.40. The quantitative estimate of drug-likeness (QED) is 0.757. The first kappa shape index (κ1) is 11.3. The number of anilines is 1. The molecular formula is C15H16N2O. The Morgan fingerprint density at radius 1 is 1.44 bits per heavy atom. The highest BCUT2D eigenvalue weighted by atomic mass is 16.2. The molecule has 0 radical (unpaired) electrons. The third-order valence-corrected chi connectivity index (χ3v) is 4.26. The summed E-state index contributed by atoms with van der Waals surface area (Å²) < 4.78 is 0. The fourth-order valence-electron chi connectivity index (χ4n) is 3.01. The molecule has 1 unspecified atom stereocenters. The molecule has 0 aromatic heterocycles. The van der Waals surface area contributed by atoms with Crippen molar-refractivity contribution >= 4 is 11.6 Å². The lowest BCUT2D eigenvalue weighted by atomic mass is 9.69. The van der Waals surface area contributed by atoms with Crippen LogP contribution in [0.1, 0.15) is 31.7 Å². The van der Waals surface area contributed by atoms with Gasteiger partial charge >= 0.3 is 0 Å². The SMILES string of the molecule is CC1Cc2ccccc2N1C(=O)C1(C#N)CCC1. The van der Waals surface area contributed by atoms with E-state index in [4.69, 9.17) is 0 Å². The molecule has 18 heavy (non-hydrogen) atoms. The Balaban J connectivity index is 1.98. The van der Waals surface area contributed by atoms with Gasteiger partial charge in [0.2, 0.25) is 5.91 Å². The number of carbonyl (C=O) groups excluding carboxylic acids is 1. The summed E-state index contributed by atoms with van der Waals surface area (Å²) in [6.45, 7) is 2.06. The molecule has 0 N–H and O–H groups in total. The summed E-state index contributed by atoms with van der Waals surface area (Å²) in [5.74, 6) is 0.00806. The number of nitrogens with zero attached hydrogens (tertiary/aromatic N) is 2. The van der Waals surface area contributed by atoms with Crippen LogP contribution in [-0.4, -0.2) is 11.9 Å². The zero-order valence-corrected chi connectivity index (χ0v) is 10.5. The second kappa shape index (κ2) is 3.84. The Hall–Kier alpha value is -1.82. The maximum Gasteiger partial charge on any atom is 0.247 e. The molecule has 0 bridgehead atoms. The molecule has 0 spiro atoms. The van der Waals surface area contributed by atoms with E-state index in [1.54, 1.807) is 0 Å². The zero-order chi connectivity index (χ0) is 12.8. The minimum atomic E-state index is -0.744. The molecule has 1 aromatic rings. The molecule has 2 aliphatic rings. The molecule has 92 valence electrons. The van der Waals surface area contributed by atoms with Crippen molar-refractivity contribution in [3.05, 3.63) is 29.8 Å². The summed E-state index contributed by atoms with van der Waals surface area (Å²) in [5, 5.41) is 9.30. The number of hydrogen-bond donors (Lipinski definition) is 0. The average molecular weight is 240 g/mol. The van der Waals surface area contributed by atoms with Crippen LogP contribution in [0.5, 0.6) is 0 Å². The standard InChI is InChI=1S/C15H16N2O/c1-11-9-12-5-2-3-6-13(12)17(11)14(18)15(10-16)7-4-8-15/h2-3,5-6,11H,4,7-9H2,1H3. The monoisotopic (exact) mass is 240 g/mol. The predicted octanol–water partition coefficient (Wildman–Crippen LogP) is 2.66.